The lowest BCUT2D eigenvalue weighted by atomic mass is 9.99. The van der Waals surface area contributed by atoms with E-state index in [0.717, 1.165) is 4.31 Å². The molecule has 2 heterocycles. The standard InChI is InChI=1S/C26H33N5O7S2/c1-18-13-31(19(2)16-32)26(33)22-12-20(28-39(34,35)21-8-6-5-7-9-21)10-11-23(22)38-24(18)14-30(4)40(36,37)25-15-29(3)17-27-25/h5-12,15,17-19,24,28,32H,13-14,16H2,1-4H3/t18-,19-,24+/m1/s1. The van der Waals surface area contributed by atoms with E-state index in [1.165, 1.54) is 59.4 Å². The lowest BCUT2D eigenvalue weighted by Gasteiger charge is -2.38. The highest BCUT2D eigenvalue weighted by Crippen LogP contribution is 2.32. The summed E-state index contributed by atoms with van der Waals surface area (Å²) in [4.78, 5) is 19.2. The molecule has 1 amide bonds. The van der Waals surface area contributed by atoms with Gasteiger partial charge in [0.15, 0.2) is 5.03 Å². The van der Waals surface area contributed by atoms with Crippen LogP contribution in [0.4, 0.5) is 5.69 Å². The third kappa shape index (κ3) is 6.14. The number of carbonyl (C=O) groups is 1. The number of likely N-dealkylation sites (N-methyl/N-ethyl adjacent to an activating group) is 1. The SMILES string of the molecule is C[C@@H]1CN([C@H](C)CO)C(=O)c2cc(NS(=O)(=O)c3ccccc3)ccc2O[C@H]1CN(C)S(=O)(=O)c1cn(C)cn1. The number of hydrogen-bond donors (Lipinski definition) is 2. The molecule has 3 atom stereocenters. The summed E-state index contributed by atoms with van der Waals surface area (Å²) in [6.07, 6.45) is 2.12. The number of fused-ring (bicyclic) bond motifs is 1. The fourth-order valence-electron chi connectivity index (χ4n) is 4.35. The van der Waals surface area contributed by atoms with Gasteiger partial charge in [-0.2, -0.15) is 4.31 Å². The Bertz CT molecular complexity index is 1580. The normalized spacial score (nSPS) is 18.9. The molecule has 40 heavy (non-hydrogen) atoms. The first-order valence-electron chi connectivity index (χ1n) is 12.6. The molecule has 0 aliphatic carbocycles. The van der Waals surface area contributed by atoms with Crippen LogP contribution in [-0.4, -0.2) is 85.5 Å². The van der Waals surface area contributed by atoms with E-state index in [1.807, 2.05) is 6.92 Å². The van der Waals surface area contributed by atoms with Crippen molar-refractivity contribution >= 4 is 31.6 Å². The number of benzene rings is 2. The molecule has 0 saturated carbocycles. The van der Waals surface area contributed by atoms with Gasteiger partial charge in [-0.05, 0) is 37.3 Å². The van der Waals surface area contributed by atoms with Crippen LogP contribution in [0, 0.1) is 5.92 Å². The van der Waals surface area contributed by atoms with Crippen molar-refractivity contribution in [2.24, 2.45) is 13.0 Å². The molecule has 0 fully saturated rings. The maximum absolute atomic E-state index is 13.6. The molecule has 1 aromatic heterocycles. The largest absolute Gasteiger partial charge is 0.488 e. The highest BCUT2D eigenvalue weighted by Gasteiger charge is 2.36. The van der Waals surface area contributed by atoms with Crippen LogP contribution in [0.5, 0.6) is 5.75 Å². The van der Waals surface area contributed by atoms with Crippen molar-refractivity contribution in [1.82, 2.24) is 18.8 Å². The highest BCUT2D eigenvalue weighted by molar-refractivity contribution is 7.92. The summed E-state index contributed by atoms with van der Waals surface area (Å²) >= 11 is 0. The number of sulfonamides is 2. The van der Waals surface area contributed by atoms with Gasteiger partial charge in [-0.25, -0.2) is 21.8 Å². The molecular weight excluding hydrogens is 558 g/mol. The van der Waals surface area contributed by atoms with Crippen LogP contribution in [0.1, 0.15) is 24.2 Å². The van der Waals surface area contributed by atoms with Crippen LogP contribution in [-0.2, 0) is 27.1 Å². The zero-order valence-electron chi connectivity index (χ0n) is 22.6. The first-order chi connectivity index (χ1) is 18.8. The molecule has 0 spiro atoms. The zero-order chi connectivity index (χ0) is 29.2. The molecule has 0 bridgehead atoms. The van der Waals surface area contributed by atoms with Crippen LogP contribution in [0.15, 0.2) is 71.0 Å². The number of nitrogens with zero attached hydrogens (tertiary/aromatic N) is 4. The minimum Gasteiger partial charge on any atom is -0.488 e. The number of carbonyl (C=O) groups excluding carboxylic acids is 1. The minimum absolute atomic E-state index is 0.0442. The van der Waals surface area contributed by atoms with E-state index in [-0.39, 0.29) is 52.5 Å². The first kappa shape index (κ1) is 29.5. The summed E-state index contributed by atoms with van der Waals surface area (Å²) in [5.41, 5.74) is 0.233. The lowest BCUT2D eigenvalue weighted by Crippen LogP contribution is -2.50. The van der Waals surface area contributed by atoms with Crippen LogP contribution in [0.3, 0.4) is 0 Å². The average molecular weight is 592 g/mol. The molecule has 14 heteroatoms. The quantitative estimate of drug-likeness (QED) is 0.382. The van der Waals surface area contributed by atoms with Gasteiger partial charge in [0.1, 0.15) is 11.9 Å². The van der Waals surface area contributed by atoms with Gasteiger partial charge in [0, 0.05) is 38.4 Å². The zero-order valence-corrected chi connectivity index (χ0v) is 24.3. The fourth-order valence-corrected chi connectivity index (χ4v) is 6.56. The number of imidazole rings is 1. The van der Waals surface area contributed by atoms with E-state index < -0.39 is 38.1 Å². The number of amides is 1. The summed E-state index contributed by atoms with van der Waals surface area (Å²) < 4.78 is 63.4. The van der Waals surface area contributed by atoms with Crippen molar-refractivity contribution < 1.29 is 31.5 Å². The molecule has 2 aromatic carbocycles. The fraction of sp³-hybridized carbons (Fsp3) is 0.385. The van der Waals surface area contributed by atoms with Crippen molar-refractivity contribution in [2.75, 3.05) is 31.5 Å². The molecule has 0 radical (unpaired) electrons. The number of rotatable bonds is 9. The molecule has 216 valence electrons. The van der Waals surface area contributed by atoms with Crippen LogP contribution >= 0.6 is 0 Å². The van der Waals surface area contributed by atoms with Gasteiger partial charge in [0.2, 0.25) is 0 Å². The van der Waals surface area contributed by atoms with E-state index in [4.69, 9.17) is 4.74 Å². The van der Waals surface area contributed by atoms with Gasteiger partial charge in [0.05, 0.1) is 36.0 Å². The summed E-state index contributed by atoms with van der Waals surface area (Å²) in [5.74, 6) is -0.608. The molecular formula is C26H33N5O7S2. The van der Waals surface area contributed by atoms with E-state index in [1.54, 1.807) is 32.2 Å². The van der Waals surface area contributed by atoms with Crippen LogP contribution in [0.25, 0.3) is 0 Å². The molecule has 2 N–H and O–H groups in total. The number of aryl methyl sites for hydroxylation is 1. The molecule has 0 unspecified atom stereocenters. The molecule has 4 rings (SSSR count). The number of aromatic nitrogens is 2. The molecule has 1 aliphatic heterocycles. The Labute approximate surface area is 234 Å². The molecule has 3 aromatic rings. The predicted molar refractivity (Wildman–Crippen MR) is 148 cm³/mol. The van der Waals surface area contributed by atoms with Crippen molar-refractivity contribution in [3.63, 3.8) is 0 Å². The van der Waals surface area contributed by atoms with Crippen molar-refractivity contribution in [3.8, 4) is 5.75 Å². The Morgan fingerprint density at radius 3 is 2.50 bits per heavy atom. The Morgan fingerprint density at radius 1 is 1.18 bits per heavy atom. The Kier molecular flexibility index (Phi) is 8.54. The minimum atomic E-state index is -3.92. The summed E-state index contributed by atoms with van der Waals surface area (Å²) in [5, 5.41) is 9.77. The maximum Gasteiger partial charge on any atom is 0.261 e. The lowest BCUT2D eigenvalue weighted by molar-refractivity contribution is 0.0387. The van der Waals surface area contributed by atoms with E-state index in [0.29, 0.717) is 0 Å². The van der Waals surface area contributed by atoms with Gasteiger partial charge in [-0.3, -0.25) is 9.52 Å². The van der Waals surface area contributed by atoms with Crippen LogP contribution in [0.2, 0.25) is 0 Å². The smallest absolute Gasteiger partial charge is 0.261 e. The second-order valence-corrected chi connectivity index (χ2v) is 13.6. The second-order valence-electron chi connectivity index (χ2n) is 9.92. The summed E-state index contributed by atoms with van der Waals surface area (Å²) in [6, 6.07) is 11.6. The van der Waals surface area contributed by atoms with E-state index in [9.17, 15) is 26.7 Å². The third-order valence-electron chi connectivity index (χ3n) is 6.76. The molecule has 1 aliphatic rings. The third-order valence-corrected chi connectivity index (χ3v) is 9.87. The number of anilines is 1. The van der Waals surface area contributed by atoms with Crippen molar-refractivity contribution in [3.05, 3.63) is 66.6 Å². The Morgan fingerprint density at radius 2 is 1.88 bits per heavy atom. The summed E-state index contributed by atoms with van der Waals surface area (Å²) in [7, 11) is -4.73. The molecule has 12 nitrogen and oxygen atoms in total. The number of aliphatic hydroxyl groups is 1. The summed E-state index contributed by atoms with van der Waals surface area (Å²) in [6.45, 7) is 3.36. The second kappa shape index (κ2) is 11.6. The monoisotopic (exact) mass is 591 g/mol. The van der Waals surface area contributed by atoms with Crippen molar-refractivity contribution in [2.45, 2.75) is 35.9 Å². The van der Waals surface area contributed by atoms with E-state index >= 15 is 0 Å². The van der Waals surface area contributed by atoms with E-state index in [2.05, 4.69) is 9.71 Å². The van der Waals surface area contributed by atoms with Gasteiger partial charge in [-0.15, -0.1) is 0 Å². The van der Waals surface area contributed by atoms with Gasteiger partial charge in [0.25, 0.3) is 26.0 Å². The number of aliphatic hydroxyl groups excluding tert-OH is 1. The van der Waals surface area contributed by atoms with Crippen LogP contribution < -0.4 is 9.46 Å². The number of hydrogen-bond acceptors (Lipinski definition) is 8. The molecule has 0 saturated heterocycles. The Balaban J connectivity index is 1.68. The average Bonchev–Trinajstić information content (AvgIpc) is 3.38. The predicted octanol–water partition coefficient (Wildman–Crippen LogP) is 1.76. The first-order valence-corrected chi connectivity index (χ1v) is 15.5. The van der Waals surface area contributed by atoms with Gasteiger partial charge < -0.3 is 19.3 Å². The Hall–Kier alpha value is -3.46. The maximum atomic E-state index is 13.6. The topological polar surface area (TPSA) is 151 Å². The van der Waals surface area contributed by atoms with Gasteiger partial charge in [-0.1, -0.05) is 25.1 Å². The van der Waals surface area contributed by atoms with Gasteiger partial charge >= 0.3 is 0 Å². The number of nitrogens with one attached hydrogen (secondary N) is 1. The number of ether oxygens (including phenoxy) is 1. The van der Waals surface area contributed by atoms with Crippen molar-refractivity contribution in [1.29, 1.82) is 0 Å². The highest BCUT2D eigenvalue weighted by atomic mass is 32.2.